The zero-order chi connectivity index (χ0) is 16.1. The highest BCUT2D eigenvalue weighted by Gasteiger charge is 2.56. The summed E-state index contributed by atoms with van der Waals surface area (Å²) < 4.78 is 5.91. The van der Waals surface area contributed by atoms with Crippen molar-refractivity contribution in [2.45, 2.75) is 51.0 Å². The maximum Gasteiger partial charge on any atom is 0.232 e. The van der Waals surface area contributed by atoms with Crippen LogP contribution >= 0.6 is 0 Å². The molecular formula is C19H25N3O2. The van der Waals surface area contributed by atoms with Gasteiger partial charge in [0.05, 0.1) is 18.2 Å². The van der Waals surface area contributed by atoms with Crippen LogP contribution in [0.1, 0.15) is 44.9 Å². The Morgan fingerprint density at radius 3 is 2.46 bits per heavy atom. The number of carbonyl (C=O) groups excluding carboxylic acids is 1. The molecule has 4 saturated carbocycles. The van der Waals surface area contributed by atoms with E-state index >= 15 is 0 Å². The molecule has 5 nitrogen and oxygen atoms in total. The van der Waals surface area contributed by atoms with Crippen LogP contribution in [-0.2, 0) is 4.79 Å². The monoisotopic (exact) mass is 327 g/mol. The van der Waals surface area contributed by atoms with Crippen LogP contribution in [0, 0.1) is 23.2 Å². The first-order valence-electron chi connectivity index (χ1n) is 9.42. The highest BCUT2D eigenvalue weighted by Crippen LogP contribution is 2.60. The summed E-state index contributed by atoms with van der Waals surface area (Å²) in [5.41, 5.74) is -0.0316. The van der Waals surface area contributed by atoms with Crippen molar-refractivity contribution in [2.24, 2.45) is 23.2 Å². The fourth-order valence-corrected chi connectivity index (χ4v) is 6.23. The number of hydrogen-bond donors (Lipinski definition) is 0. The lowest BCUT2D eigenvalue weighted by molar-refractivity contribution is -0.156. The minimum absolute atomic E-state index is 0.0316. The van der Waals surface area contributed by atoms with Gasteiger partial charge in [-0.15, -0.1) is 0 Å². The van der Waals surface area contributed by atoms with Gasteiger partial charge < -0.3 is 9.64 Å². The van der Waals surface area contributed by atoms with Crippen molar-refractivity contribution in [3.05, 3.63) is 18.6 Å². The molecule has 5 fully saturated rings. The number of carbonyl (C=O) groups is 1. The summed E-state index contributed by atoms with van der Waals surface area (Å²) in [4.78, 5) is 23.6. The van der Waals surface area contributed by atoms with Crippen molar-refractivity contribution in [2.75, 3.05) is 13.1 Å². The van der Waals surface area contributed by atoms with Gasteiger partial charge in [0.25, 0.3) is 0 Å². The zero-order valence-electron chi connectivity index (χ0n) is 14.1. The Morgan fingerprint density at radius 1 is 1.12 bits per heavy atom. The summed E-state index contributed by atoms with van der Waals surface area (Å²) in [5, 5.41) is 0. The lowest BCUT2D eigenvalue weighted by atomic mass is 9.49. The van der Waals surface area contributed by atoms with Gasteiger partial charge >= 0.3 is 0 Å². The van der Waals surface area contributed by atoms with Crippen LogP contribution in [-0.4, -0.2) is 40.0 Å². The lowest BCUT2D eigenvalue weighted by Crippen LogP contribution is -2.54. The van der Waals surface area contributed by atoms with E-state index in [0.717, 1.165) is 50.0 Å². The largest absolute Gasteiger partial charge is 0.471 e. The molecule has 1 unspecified atom stereocenters. The predicted molar refractivity (Wildman–Crippen MR) is 88.3 cm³/mol. The second-order valence-corrected chi connectivity index (χ2v) is 8.52. The summed E-state index contributed by atoms with van der Waals surface area (Å²) in [6.45, 7) is 1.53. The molecule has 24 heavy (non-hydrogen) atoms. The fourth-order valence-electron chi connectivity index (χ4n) is 6.23. The summed E-state index contributed by atoms with van der Waals surface area (Å²) in [6.07, 6.45) is 13.4. The van der Waals surface area contributed by atoms with E-state index in [-0.39, 0.29) is 11.5 Å². The molecule has 1 atom stereocenters. The first kappa shape index (κ1) is 14.7. The molecule has 5 heteroatoms. The van der Waals surface area contributed by atoms with Gasteiger partial charge in [-0.05, 0) is 56.3 Å². The summed E-state index contributed by atoms with van der Waals surface area (Å²) in [6, 6.07) is 0. The Labute approximate surface area is 142 Å². The molecule has 0 aromatic carbocycles. The minimum Gasteiger partial charge on any atom is -0.471 e. The molecule has 1 aromatic heterocycles. The molecule has 0 N–H and O–H groups in total. The SMILES string of the molecule is O=C(N1CCC(Oc2cnccn2)C1)C12CC3CC(CC(C3)C1)C2. The Kier molecular flexibility index (Phi) is 3.32. The van der Waals surface area contributed by atoms with E-state index in [1.165, 1.54) is 19.3 Å². The lowest BCUT2D eigenvalue weighted by Gasteiger charge is -2.56. The van der Waals surface area contributed by atoms with E-state index in [2.05, 4.69) is 14.9 Å². The zero-order valence-corrected chi connectivity index (χ0v) is 14.1. The molecule has 5 aliphatic rings. The van der Waals surface area contributed by atoms with Crippen LogP contribution in [0.3, 0.4) is 0 Å². The number of amides is 1. The summed E-state index contributed by atoms with van der Waals surface area (Å²) in [7, 11) is 0. The number of ether oxygens (including phenoxy) is 1. The molecule has 1 amide bonds. The first-order valence-corrected chi connectivity index (χ1v) is 9.42. The van der Waals surface area contributed by atoms with E-state index in [0.29, 0.717) is 18.3 Å². The van der Waals surface area contributed by atoms with E-state index < -0.39 is 0 Å². The van der Waals surface area contributed by atoms with Gasteiger partial charge in [-0.2, -0.15) is 0 Å². The molecular weight excluding hydrogens is 302 g/mol. The molecule has 1 aromatic rings. The first-order chi connectivity index (χ1) is 11.7. The Balaban J connectivity index is 1.27. The van der Waals surface area contributed by atoms with Gasteiger partial charge in [0.15, 0.2) is 0 Å². The fraction of sp³-hybridized carbons (Fsp3) is 0.737. The molecule has 128 valence electrons. The topological polar surface area (TPSA) is 55.3 Å². The number of nitrogens with zero attached hydrogens (tertiary/aromatic N) is 3. The maximum atomic E-state index is 13.3. The van der Waals surface area contributed by atoms with Crippen LogP contribution in [0.5, 0.6) is 5.88 Å². The van der Waals surface area contributed by atoms with Crippen LogP contribution in [0.15, 0.2) is 18.6 Å². The van der Waals surface area contributed by atoms with Crippen LogP contribution in [0.2, 0.25) is 0 Å². The number of likely N-dealkylation sites (tertiary alicyclic amines) is 1. The quantitative estimate of drug-likeness (QED) is 0.856. The molecule has 2 heterocycles. The molecule has 4 aliphatic carbocycles. The summed E-state index contributed by atoms with van der Waals surface area (Å²) >= 11 is 0. The van der Waals surface area contributed by atoms with Crippen molar-refractivity contribution in [1.82, 2.24) is 14.9 Å². The Hall–Kier alpha value is -1.65. The number of rotatable bonds is 3. The smallest absolute Gasteiger partial charge is 0.232 e. The third kappa shape index (κ3) is 2.40. The van der Waals surface area contributed by atoms with Gasteiger partial charge in [-0.1, -0.05) is 0 Å². The molecule has 0 spiro atoms. The highest BCUT2D eigenvalue weighted by molar-refractivity contribution is 5.83. The van der Waals surface area contributed by atoms with Crippen LogP contribution < -0.4 is 4.74 Å². The molecule has 6 rings (SSSR count). The van der Waals surface area contributed by atoms with Gasteiger partial charge in [-0.25, -0.2) is 4.98 Å². The van der Waals surface area contributed by atoms with Gasteiger partial charge in [-0.3, -0.25) is 9.78 Å². The van der Waals surface area contributed by atoms with Crippen molar-refractivity contribution < 1.29 is 9.53 Å². The highest BCUT2D eigenvalue weighted by atomic mass is 16.5. The van der Waals surface area contributed by atoms with Crippen molar-refractivity contribution in [3.8, 4) is 5.88 Å². The maximum absolute atomic E-state index is 13.3. The van der Waals surface area contributed by atoms with Gasteiger partial charge in [0.1, 0.15) is 6.10 Å². The van der Waals surface area contributed by atoms with Crippen molar-refractivity contribution in [3.63, 3.8) is 0 Å². The average Bonchev–Trinajstić information content (AvgIpc) is 3.02. The van der Waals surface area contributed by atoms with Gasteiger partial charge in [0.2, 0.25) is 11.8 Å². The second kappa shape index (κ2) is 5.43. The predicted octanol–water partition coefficient (Wildman–Crippen LogP) is 2.67. The van der Waals surface area contributed by atoms with E-state index in [1.54, 1.807) is 18.6 Å². The molecule has 0 radical (unpaired) electrons. The third-order valence-electron chi connectivity index (χ3n) is 6.75. The van der Waals surface area contributed by atoms with Crippen molar-refractivity contribution >= 4 is 5.91 Å². The van der Waals surface area contributed by atoms with E-state index in [1.807, 2.05) is 0 Å². The van der Waals surface area contributed by atoms with E-state index in [4.69, 9.17) is 4.74 Å². The Bertz CT molecular complexity index is 597. The number of hydrogen-bond acceptors (Lipinski definition) is 4. The van der Waals surface area contributed by atoms with Crippen LogP contribution in [0.4, 0.5) is 0 Å². The normalized spacial score (nSPS) is 40.1. The Morgan fingerprint density at radius 2 is 1.83 bits per heavy atom. The molecule has 4 bridgehead atoms. The van der Waals surface area contributed by atoms with E-state index in [9.17, 15) is 4.79 Å². The summed E-state index contributed by atoms with van der Waals surface area (Å²) in [5.74, 6) is 3.43. The van der Waals surface area contributed by atoms with Crippen molar-refractivity contribution in [1.29, 1.82) is 0 Å². The van der Waals surface area contributed by atoms with Crippen LogP contribution in [0.25, 0.3) is 0 Å². The average molecular weight is 327 g/mol. The third-order valence-corrected chi connectivity index (χ3v) is 6.75. The standard InChI is InChI=1S/C19H25N3O2/c23-18(19-8-13-5-14(9-19)7-15(6-13)10-19)22-4-1-16(12-22)24-17-11-20-2-3-21-17/h2-3,11,13-16H,1,4-10,12H2. The van der Waals surface area contributed by atoms with Gasteiger partial charge in [0, 0.05) is 25.4 Å². The molecule has 1 saturated heterocycles. The number of aromatic nitrogens is 2. The second-order valence-electron chi connectivity index (χ2n) is 8.52. The minimum atomic E-state index is -0.0316. The molecule has 1 aliphatic heterocycles.